The maximum Gasteiger partial charge on any atom is 0.245 e. The molecule has 2 atom stereocenters. The van der Waals surface area contributed by atoms with Gasteiger partial charge in [-0.3, -0.25) is 9.59 Å². The fraction of sp³-hybridized carbons (Fsp3) is 0.625. The molecule has 1 aliphatic rings. The third kappa shape index (κ3) is 3.64. The molecule has 0 bridgehead atoms. The SMILES string of the molecule is CCc1ccc(CN2C(=O)C(C(C)C)NC(=O)CC2C)s1. The zero-order valence-corrected chi connectivity index (χ0v) is 14.0. The quantitative estimate of drug-likeness (QED) is 0.929. The molecule has 2 unspecified atom stereocenters. The molecular weight excluding hydrogens is 284 g/mol. The highest BCUT2D eigenvalue weighted by molar-refractivity contribution is 7.11. The summed E-state index contributed by atoms with van der Waals surface area (Å²) in [5, 5.41) is 2.86. The summed E-state index contributed by atoms with van der Waals surface area (Å²) in [7, 11) is 0. The molecule has 5 heteroatoms. The Morgan fingerprint density at radius 1 is 1.33 bits per heavy atom. The lowest BCUT2D eigenvalue weighted by Crippen LogP contribution is -2.48. The number of amides is 2. The largest absolute Gasteiger partial charge is 0.344 e. The van der Waals surface area contributed by atoms with Gasteiger partial charge in [0, 0.05) is 22.2 Å². The van der Waals surface area contributed by atoms with Crippen molar-refractivity contribution in [3.8, 4) is 0 Å². The van der Waals surface area contributed by atoms with Gasteiger partial charge in [0.15, 0.2) is 0 Å². The molecule has 2 rings (SSSR count). The van der Waals surface area contributed by atoms with Gasteiger partial charge in [0.25, 0.3) is 0 Å². The normalized spacial score (nSPS) is 23.4. The lowest BCUT2D eigenvalue weighted by molar-refractivity contribution is -0.136. The van der Waals surface area contributed by atoms with Gasteiger partial charge in [0.1, 0.15) is 6.04 Å². The van der Waals surface area contributed by atoms with Crippen LogP contribution in [-0.2, 0) is 22.6 Å². The molecule has 1 aliphatic heterocycles. The smallest absolute Gasteiger partial charge is 0.245 e. The van der Waals surface area contributed by atoms with E-state index >= 15 is 0 Å². The molecule has 1 fully saturated rings. The van der Waals surface area contributed by atoms with Crippen molar-refractivity contribution in [2.45, 2.75) is 59.2 Å². The zero-order chi connectivity index (χ0) is 15.6. The Balaban J connectivity index is 2.21. The van der Waals surface area contributed by atoms with Crippen LogP contribution >= 0.6 is 11.3 Å². The summed E-state index contributed by atoms with van der Waals surface area (Å²) >= 11 is 1.75. The number of nitrogens with one attached hydrogen (secondary N) is 1. The lowest BCUT2D eigenvalue weighted by atomic mass is 10.0. The highest BCUT2D eigenvalue weighted by atomic mass is 32.1. The van der Waals surface area contributed by atoms with Gasteiger partial charge in [-0.1, -0.05) is 20.8 Å². The summed E-state index contributed by atoms with van der Waals surface area (Å²) in [5.41, 5.74) is 0. The molecule has 0 aliphatic carbocycles. The van der Waals surface area contributed by atoms with E-state index in [9.17, 15) is 9.59 Å². The van der Waals surface area contributed by atoms with Crippen LogP contribution in [0.2, 0.25) is 0 Å². The molecule has 0 spiro atoms. The molecule has 2 amide bonds. The first-order valence-corrected chi connectivity index (χ1v) is 8.41. The van der Waals surface area contributed by atoms with Crippen molar-refractivity contribution >= 4 is 23.2 Å². The van der Waals surface area contributed by atoms with Gasteiger partial charge in [-0.15, -0.1) is 11.3 Å². The van der Waals surface area contributed by atoms with E-state index in [0.29, 0.717) is 13.0 Å². The molecule has 4 nitrogen and oxygen atoms in total. The number of carbonyl (C=O) groups excluding carboxylic acids is 2. The fourth-order valence-corrected chi connectivity index (χ4v) is 3.58. The van der Waals surface area contributed by atoms with E-state index in [-0.39, 0.29) is 23.8 Å². The Morgan fingerprint density at radius 3 is 2.57 bits per heavy atom. The van der Waals surface area contributed by atoms with E-state index in [2.05, 4.69) is 24.4 Å². The third-order valence-corrected chi connectivity index (χ3v) is 5.15. The van der Waals surface area contributed by atoms with E-state index in [1.807, 2.05) is 25.7 Å². The monoisotopic (exact) mass is 308 g/mol. The minimum atomic E-state index is -0.409. The van der Waals surface area contributed by atoms with Crippen molar-refractivity contribution in [3.63, 3.8) is 0 Å². The number of hydrogen-bond donors (Lipinski definition) is 1. The van der Waals surface area contributed by atoms with Crippen LogP contribution < -0.4 is 5.32 Å². The van der Waals surface area contributed by atoms with Crippen molar-refractivity contribution in [2.24, 2.45) is 5.92 Å². The third-order valence-electron chi connectivity index (χ3n) is 3.94. The number of rotatable bonds is 4. The van der Waals surface area contributed by atoms with Crippen LogP contribution in [0.15, 0.2) is 12.1 Å². The fourth-order valence-electron chi connectivity index (χ4n) is 2.62. The van der Waals surface area contributed by atoms with Crippen LogP contribution in [-0.4, -0.2) is 28.8 Å². The Hall–Kier alpha value is -1.36. The van der Waals surface area contributed by atoms with Gasteiger partial charge >= 0.3 is 0 Å². The number of nitrogens with zero attached hydrogens (tertiary/aromatic N) is 1. The number of thiophene rings is 1. The van der Waals surface area contributed by atoms with Crippen LogP contribution in [0.25, 0.3) is 0 Å². The van der Waals surface area contributed by atoms with Crippen LogP contribution in [0.4, 0.5) is 0 Å². The minimum Gasteiger partial charge on any atom is -0.344 e. The predicted molar refractivity (Wildman–Crippen MR) is 85.1 cm³/mol. The summed E-state index contributed by atoms with van der Waals surface area (Å²) in [5.74, 6) is 0.107. The molecule has 0 radical (unpaired) electrons. The number of hydrogen-bond acceptors (Lipinski definition) is 3. The predicted octanol–water partition coefficient (Wildman–Crippen LogP) is 2.57. The van der Waals surface area contributed by atoms with E-state index in [1.165, 1.54) is 9.75 Å². The first-order chi connectivity index (χ1) is 9.92. The van der Waals surface area contributed by atoms with E-state index < -0.39 is 6.04 Å². The standard InChI is InChI=1S/C16H24N2O2S/c1-5-12-6-7-13(21-12)9-18-11(4)8-14(19)17-15(10(2)3)16(18)20/h6-7,10-11,15H,5,8-9H2,1-4H3,(H,17,19). The van der Waals surface area contributed by atoms with Gasteiger partial charge in [-0.2, -0.15) is 0 Å². The Morgan fingerprint density at radius 2 is 2.00 bits per heavy atom. The molecule has 1 aromatic heterocycles. The van der Waals surface area contributed by atoms with Crippen LogP contribution in [0, 0.1) is 5.92 Å². The first kappa shape index (κ1) is 16.0. The molecule has 21 heavy (non-hydrogen) atoms. The molecule has 116 valence electrons. The van der Waals surface area contributed by atoms with E-state index in [1.54, 1.807) is 11.3 Å². The van der Waals surface area contributed by atoms with Gasteiger partial charge in [-0.25, -0.2) is 0 Å². The lowest BCUT2D eigenvalue weighted by Gasteiger charge is -2.29. The van der Waals surface area contributed by atoms with Gasteiger partial charge in [-0.05, 0) is 31.4 Å². The molecule has 1 aromatic rings. The average Bonchev–Trinajstić information content (AvgIpc) is 2.84. The molecular formula is C16H24N2O2S. The highest BCUT2D eigenvalue weighted by Crippen LogP contribution is 2.23. The van der Waals surface area contributed by atoms with E-state index in [0.717, 1.165) is 6.42 Å². The van der Waals surface area contributed by atoms with Crippen molar-refractivity contribution < 1.29 is 9.59 Å². The maximum absolute atomic E-state index is 12.7. The molecule has 0 aromatic carbocycles. The Labute approximate surface area is 130 Å². The zero-order valence-electron chi connectivity index (χ0n) is 13.2. The van der Waals surface area contributed by atoms with Crippen molar-refractivity contribution in [2.75, 3.05) is 0 Å². The minimum absolute atomic E-state index is 0.0301. The molecule has 0 saturated carbocycles. The second-order valence-corrected chi connectivity index (χ2v) is 7.28. The number of carbonyl (C=O) groups is 2. The second kappa shape index (κ2) is 6.60. The summed E-state index contributed by atoms with van der Waals surface area (Å²) in [4.78, 5) is 29.0. The van der Waals surface area contributed by atoms with Crippen LogP contribution in [0.1, 0.15) is 43.9 Å². The summed E-state index contributed by atoms with van der Waals surface area (Å²) in [6, 6.07) is 3.74. The average molecular weight is 308 g/mol. The topological polar surface area (TPSA) is 49.4 Å². The summed E-state index contributed by atoms with van der Waals surface area (Å²) in [6.45, 7) is 8.62. The molecule has 2 heterocycles. The maximum atomic E-state index is 12.7. The summed E-state index contributed by atoms with van der Waals surface area (Å²) < 4.78 is 0. The Bertz CT molecular complexity index is 524. The van der Waals surface area contributed by atoms with Crippen molar-refractivity contribution in [1.29, 1.82) is 0 Å². The van der Waals surface area contributed by atoms with Crippen molar-refractivity contribution in [3.05, 3.63) is 21.9 Å². The Kier molecular flexibility index (Phi) is 5.04. The van der Waals surface area contributed by atoms with E-state index in [4.69, 9.17) is 0 Å². The van der Waals surface area contributed by atoms with Crippen molar-refractivity contribution in [1.82, 2.24) is 10.2 Å². The summed E-state index contributed by atoms with van der Waals surface area (Å²) in [6.07, 6.45) is 1.39. The van der Waals surface area contributed by atoms with Gasteiger partial charge in [0.2, 0.25) is 11.8 Å². The van der Waals surface area contributed by atoms with Gasteiger partial charge < -0.3 is 10.2 Å². The highest BCUT2D eigenvalue weighted by Gasteiger charge is 2.35. The molecule has 1 N–H and O–H groups in total. The first-order valence-electron chi connectivity index (χ1n) is 7.59. The van der Waals surface area contributed by atoms with Crippen LogP contribution in [0.3, 0.4) is 0 Å². The second-order valence-electron chi connectivity index (χ2n) is 6.03. The van der Waals surface area contributed by atoms with Gasteiger partial charge in [0.05, 0.1) is 6.54 Å². The van der Waals surface area contributed by atoms with Crippen LogP contribution in [0.5, 0.6) is 0 Å². The number of aryl methyl sites for hydroxylation is 1. The molecule has 1 saturated heterocycles.